The molecule has 1 aliphatic rings. The number of carbonyl (C=O) groups excluding carboxylic acids is 1. The molecule has 1 fully saturated rings. The largest absolute Gasteiger partial charge is 0.341 e. The molecule has 1 aliphatic heterocycles. The molecule has 1 aromatic rings. The van der Waals surface area contributed by atoms with Crippen molar-refractivity contribution < 1.29 is 4.79 Å². The first-order chi connectivity index (χ1) is 10.6. The van der Waals surface area contributed by atoms with Crippen molar-refractivity contribution >= 4 is 18.3 Å². The van der Waals surface area contributed by atoms with Crippen molar-refractivity contribution in [1.82, 2.24) is 19.6 Å². The molecule has 0 aromatic carbocycles. The Kier molecular flexibility index (Phi) is 8.58. The van der Waals surface area contributed by atoms with Crippen LogP contribution in [0.2, 0.25) is 0 Å². The van der Waals surface area contributed by atoms with Gasteiger partial charge in [-0.3, -0.25) is 14.4 Å². The first-order valence-corrected chi connectivity index (χ1v) is 8.35. The predicted octanol–water partition coefficient (Wildman–Crippen LogP) is 1.49. The van der Waals surface area contributed by atoms with E-state index in [-0.39, 0.29) is 24.4 Å². The van der Waals surface area contributed by atoms with Crippen LogP contribution in [0.25, 0.3) is 0 Å². The van der Waals surface area contributed by atoms with Crippen LogP contribution in [-0.2, 0) is 17.9 Å². The molecule has 2 N–H and O–H groups in total. The van der Waals surface area contributed by atoms with Crippen molar-refractivity contribution in [2.24, 2.45) is 5.73 Å². The molecule has 0 aliphatic carbocycles. The third kappa shape index (κ3) is 6.49. The van der Waals surface area contributed by atoms with E-state index < -0.39 is 0 Å². The van der Waals surface area contributed by atoms with Crippen LogP contribution >= 0.6 is 12.4 Å². The van der Waals surface area contributed by atoms with Gasteiger partial charge < -0.3 is 10.6 Å². The molecule has 132 valence electrons. The molecule has 6 nitrogen and oxygen atoms in total. The monoisotopic (exact) mass is 343 g/mol. The molecular weight excluding hydrogens is 314 g/mol. The standard InChI is InChI=1S/C16H29N5O.ClH/c1-3-5-21-13-15(11-18-21)12-19-6-4-7-20(9-8-19)16(22)10-14(2)17;/h11,13-14H,3-10,12,17H2,1-2H3;1H. The minimum absolute atomic E-state index is 0. The Labute approximate surface area is 145 Å². The van der Waals surface area contributed by atoms with Gasteiger partial charge in [0.25, 0.3) is 0 Å². The topological polar surface area (TPSA) is 67.4 Å². The summed E-state index contributed by atoms with van der Waals surface area (Å²) in [6.07, 6.45) is 6.66. The molecule has 2 heterocycles. The lowest BCUT2D eigenvalue weighted by Crippen LogP contribution is -2.37. The number of halogens is 1. The van der Waals surface area contributed by atoms with Crippen molar-refractivity contribution in [2.75, 3.05) is 26.2 Å². The summed E-state index contributed by atoms with van der Waals surface area (Å²) in [4.78, 5) is 16.5. The average Bonchev–Trinajstić information content (AvgIpc) is 2.75. The Morgan fingerprint density at radius 1 is 1.35 bits per heavy atom. The van der Waals surface area contributed by atoms with Crippen molar-refractivity contribution in [1.29, 1.82) is 0 Å². The molecular formula is C16H30ClN5O. The Morgan fingerprint density at radius 3 is 2.83 bits per heavy atom. The summed E-state index contributed by atoms with van der Waals surface area (Å²) in [5.74, 6) is 0.188. The smallest absolute Gasteiger partial charge is 0.224 e. The highest BCUT2D eigenvalue weighted by molar-refractivity contribution is 5.85. The summed E-state index contributed by atoms with van der Waals surface area (Å²) in [7, 11) is 0. The number of carbonyl (C=O) groups is 1. The van der Waals surface area contributed by atoms with E-state index in [2.05, 4.69) is 23.1 Å². The van der Waals surface area contributed by atoms with Crippen LogP contribution in [0.5, 0.6) is 0 Å². The number of nitrogens with two attached hydrogens (primary N) is 1. The van der Waals surface area contributed by atoms with E-state index >= 15 is 0 Å². The van der Waals surface area contributed by atoms with Crippen molar-refractivity contribution in [3.8, 4) is 0 Å². The van der Waals surface area contributed by atoms with Crippen LogP contribution in [-0.4, -0.2) is 57.7 Å². The first-order valence-electron chi connectivity index (χ1n) is 8.35. The van der Waals surface area contributed by atoms with E-state index in [1.807, 2.05) is 22.7 Å². The van der Waals surface area contributed by atoms with Gasteiger partial charge in [0.15, 0.2) is 0 Å². The van der Waals surface area contributed by atoms with Gasteiger partial charge in [0.2, 0.25) is 5.91 Å². The SMILES string of the molecule is CCCn1cc(CN2CCCN(C(=O)CC(C)N)CC2)cn1.Cl. The molecule has 0 radical (unpaired) electrons. The van der Waals surface area contributed by atoms with E-state index in [0.29, 0.717) is 6.42 Å². The average molecular weight is 344 g/mol. The van der Waals surface area contributed by atoms with E-state index in [1.54, 1.807) is 0 Å². The number of aryl methyl sites for hydroxylation is 1. The van der Waals surface area contributed by atoms with Crippen LogP contribution in [0.4, 0.5) is 0 Å². The zero-order valence-corrected chi connectivity index (χ0v) is 15.1. The minimum Gasteiger partial charge on any atom is -0.341 e. The van der Waals surface area contributed by atoms with Gasteiger partial charge in [-0.25, -0.2) is 0 Å². The summed E-state index contributed by atoms with van der Waals surface area (Å²) in [5.41, 5.74) is 6.98. The van der Waals surface area contributed by atoms with Gasteiger partial charge in [-0.05, 0) is 19.8 Å². The molecule has 1 atom stereocenters. The molecule has 1 aromatic heterocycles. The number of nitrogens with zero attached hydrogens (tertiary/aromatic N) is 4. The lowest BCUT2D eigenvalue weighted by molar-refractivity contribution is -0.131. The highest BCUT2D eigenvalue weighted by Gasteiger charge is 2.20. The van der Waals surface area contributed by atoms with Crippen LogP contribution in [0, 0.1) is 0 Å². The molecule has 0 saturated carbocycles. The summed E-state index contributed by atoms with van der Waals surface area (Å²) in [6, 6.07) is -0.0590. The lowest BCUT2D eigenvalue weighted by atomic mass is 10.2. The highest BCUT2D eigenvalue weighted by Crippen LogP contribution is 2.10. The summed E-state index contributed by atoms with van der Waals surface area (Å²) < 4.78 is 2.01. The second-order valence-corrected chi connectivity index (χ2v) is 6.30. The minimum atomic E-state index is -0.0590. The van der Waals surface area contributed by atoms with Gasteiger partial charge in [-0.1, -0.05) is 6.92 Å². The molecule has 23 heavy (non-hydrogen) atoms. The quantitative estimate of drug-likeness (QED) is 0.849. The third-order valence-corrected chi connectivity index (χ3v) is 3.98. The molecule has 1 amide bonds. The predicted molar refractivity (Wildman–Crippen MR) is 94.5 cm³/mol. The van der Waals surface area contributed by atoms with Crippen LogP contribution in [0.15, 0.2) is 12.4 Å². The summed E-state index contributed by atoms with van der Waals surface area (Å²) >= 11 is 0. The number of aromatic nitrogens is 2. The molecule has 7 heteroatoms. The Hall–Kier alpha value is -1.11. The zero-order chi connectivity index (χ0) is 15.9. The maximum Gasteiger partial charge on any atom is 0.224 e. The Morgan fingerprint density at radius 2 is 2.13 bits per heavy atom. The van der Waals surface area contributed by atoms with Crippen molar-refractivity contribution in [3.05, 3.63) is 18.0 Å². The van der Waals surface area contributed by atoms with E-state index in [1.165, 1.54) is 5.56 Å². The fraction of sp³-hybridized carbons (Fsp3) is 0.750. The normalized spacial score (nSPS) is 17.4. The second kappa shape index (κ2) is 9.90. The van der Waals surface area contributed by atoms with Crippen LogP contribution < -0.4 is 5.73 Å². The number of rotatable bonds is 6. The Balaban J connectivity index is 0.00000264. The maximum absolute atomic E-state index is 12.1. The van der Waals surface area contributed by atoms with Gasteiger partial charge in [-0.2, -0.15) is 5.10 Å². The van der Waals surface area contributed by atoms with Gasteiger partial charge in [0.05, 0.1) is 6.20 Å². The fourth-order valence-corrected chi connectivity index (χ4v) is 2.88. The van der Waals surface area contributed by atoms with Crippen LogP contribution in [0.1, 0.15) is 38.7 Å². The summed E-state index contributed by atoms with van der Waals surface area (Å²) in [6.45, 7) is 9.52. The fourth-order valence-electron chi connectivity index (χ4n) is 2.88. The van der Waals surface area contributed by atoms with E-state index in [4.69, 9.17) is 5.73 Å². The maximum atomic E-state index is 12.1. The number of hydrogen-bond acceptors (Lipinski definition) is 4. The summed E-state index contributed by atoms with van der Waals surface area (Å²) in [5, 5.41) is 4.38. The van der Waals surface area contributed by atoms with E-state index in [0.717, 1.165) is 52.1 Å². The molecule has 1 unspecified atom stereocenters. The second-order valence-electron chi connectivity index (χ2n) is 6.30. The van der Waals surface area contributed by atoms with Gasteiger partial charge >= 0.3 is 0 Å². The molecule has 0 bridgehead atoms. The van der Waals surface area contributed by atoms with Crippen molar-refractivity contribution in [3.63, 3.8) is 0 Å². The zero-order valence-electron chi connectivity index (χ0n) is 14.3. The van der Waals surface area contributed by atoms with Crippen molar-refractivity contribution in [2.45, 2.75) is 52.2 Å². The van der Waals surface area contributed by atoms with Gasteiger partial charge in [-0.15, -0.1) is 12.4 Å². The molecule has 0 spiro atoms. The third-order valence-electron chi connectivity index (χ3n) is 3.98. The Bertz CT molecular complexity index is 477. The van der Waals surface area contributed by atoms with E-state index in [9.17, 15) is 4.79 Å². The van der Waals surface area contributed by atoms with Gasteiger partial charge in [0, 0.05) is 63.5 Å². The lowest BCUT2D eigenvalue weighted by Gasteiger charge is -2.22. The first kappa shape index (κ1) is 19.9. The molecule has 2 rings (SSSR count). The number of amides is 1. The number of hydrogen-bond donors (Lipinski definition) is 1. The molecule has 1 saturated heterocycles. The van der Waals surface area contributed by atoms with Crippen LogP contribution in [0.3, 0.4) is 0 Å². The van der Waals surface area contributed by atoms with Gasteiger partial charge in [0.1, 0.15) is 0 Å². The highest BCUT2D eigenvalue weighted by atomic mass is 35.5.